The van der Waals surface area contributed by atoms with Crippen LogP contribution in [-0.2, 0) is 14.2 Å². The van der Waals surface area contributed by atoms with Crippen molar-refractivity contribution in [2.24, 2.45) is 0 Å². The average Bonchev–Trinajstić information content (AvgIpc) is 2.83. The van der Waals surface area contributed by atoms with Gasteiger partial charge in [0.1, 0.15) is 5.69 Å². The zero-order chi connectivity index (χ0) is 23.6. The highest BCUT2D eigenvalue weighted by atomic mass is 35.5. The Labute approximate surface area is 205 Å². The van der Waals surface area contributed by atoms with Crippen LogP contribution in [0.5, 0.6) is 0 Å². The average molecular weight is 499 g/mol. The standard InChI is InChI=1S/C22H32Cl2N6O3/c1-29(10-11-32-14-15-33-13-12-31-2)16-6-8-30(9-7-16)22-26-21(25)20(27-28-22)17-4-3-5-18(23)19(17)24/h3-5,16H,6-15H2,1-2H3,(H2,25,26,28). The summed E-state index contributed by atoms with van der Waals surface area (Å²) in [6, 6.07) is 5.79. The fourth-order valence-corrected chi connectivity index (χ4v) is 4.09. The zero-order valence-electron chi connectivity index (χ0n) is 19.2. The number of halogens is 2. The molecular formula is C22H32Cl2N6O3. The summed E-state index contributed by atoms with van der Waals surface area (Å²) in [6.45, 7) is 5.62. The van der Waals surface area contributed by atoms with Crippen LogP contribution in [0.3, 0.4) is 0 Å². The molecule has 1 aliphatic heterocycles. The van der Waals surface area contributed by atoms with Crippen LogP contribution >= 0.6 is 23.2 Å². The number of piperidine rings is 1. The molecule has 1 aromatic heterocycles. The van der Waals surface area contributed by atoms with E-state index in [9.17, 15) is 0 Å². The van der Waals surface area contributed by atoms with Gasteiger partial charge in [0.2, 0.25) is 5.95 Å². The summed E-state index contributed by atoms with van der Waals surface area (Å²) in [5.74, 6) is 0.819. The van der Waals surface area contributed by atoms with E-state index < -0.39 is 0 Å². The van der Waals surface area contributed by atoms with Crippen molar-refractivity contribution < 1.29 is 14.2 Å². The first-order chi connectivity index (χ1) is 16.0. The molecule has 9 nitrogen and oxygen atoms in total. The Balaban J connectivity index is 1.44. The summed E-state index contributed by atoms with van der Waals surface area (Å²) >= 11 is 12.4. The Kier molecular flexibility index (Phi) is 10.4. The molecule has 1 fully saturated rings. The molecule has 0 unspecified atom stereocenters. The second-order valence-electron chi connectivity index (χ2n) is 7.86. The normalized spacial score (nSPS) is 14.9. The van der Waals surface area contributed by atoms with Gasteiger partial charge in [0, 0.05) is 38.3 Å². The Morgan fingerprint density at radius 1 is 1.06 bits per heavy atom. The molecule has 33 heavy (non-hydrogen) atoms. The van der Waals surface area contributed by atoms with E-state index in [2.05, 4.69) is 32.0 Å². The van der Waals surface area contributed by atoms with Crippen LogP contribution in [0, 0.1) is 0 Å². The Hall–Kier alpha value is -1.75. The van der Waals surface area contributed by atoms with Crippen molar-refractivity contribution in [2.75, 3.05) is 77.5 Å². The van der Waals surface area contributed by atoms with Crippen molar-refractivity contribution in [1.29, 1.82) is 0 Å². The van der Waals surface area contributed by atoms with Gasteiger partial charge in [0.25, 0.3) is 0 Å². The molecule has 2 aromatic rings. The second-order valence-corrected chi connectivity index (χ2v) is 8.65. The maximum Gasteiger partial charge on any atom is 0.247 e. The van der Waals surface area contributed by atoms with E-state index >= 15 is 0 Å². The third-order valence-corrected chi connectivity index (χ3v) is 6.49. The van der Waals surface area contributed by atoms with Gasteiger partial charge in [-0.25, -0.2) is 0 Å². The largest absolute Gasteiger partial charge is 0.382 e. The molecule has 0 saturated carbocycles. The summed E-state index contributed by atoms with van der Waals surface area (Å²) in [5, 5.41) is 9.43. The topological polar surface area (TPSA) is 98.9 Å². The third kappa shape index (κ3) is 7.37. The maximum absolute atomic E-state index is 6.30. The lowest BCUT2D eigenvalue weighted by molar-refractivity contribution is 0.0179. The Morgan fingerprint density at radius 2 is 1.76 bits per heavy atom. The van der Waals surface area contributed by atoms with Crippen molar-refractivity contribution >= 4 is 35.0 Å². The molecule has 1 aromatic carbocycles. The number of ether oxygens (including phenoxy) is 3. The van der Waals surface area contributed by atoms with Crippen molar-refractivity contribution in [3.05, 3.63) is 28.2 Å². The number of nitrogens with two attached hydrogens (primary N) is 1. The fraction of sp³-hybridized carbons (Fsp3) is 0.591. The number of rotatable bonds is 12. The van der Waals surface area contributed by atoms with Gasteiger partial charge in [0.15, 0.2) is 5.82 Å². The lowest BCUT2D eigenvalue weighted by atomic mass is 10.0. The second kappa shape index (κ2) is 13.2. The Bertz CT molecular complexity index is 883. The van der Waals surface area contributed by atoms with Crippen LogP contribution < -0.4 is 10.6 Å². The van der Waals surface area contributed by atoms with E-state index in [1.165, 1.54) is 0 Å². The molecule has 11 heteroatoms. The number of nitrogen functional groups attached to an aromatic ring is 1. The molecule has 0 aliphatic carbocycles. The van der Waals surface area contributed by atoms with Crippen LogP contribution in [0.2, 0.25) is 10.0 Å². The smallest absolute Gasteiger partial charge is 0.247 e. The summed E-state index contributed by atoms with van der Waals surface area (Å²) < 4.78 is 16.0. The Morgan fingerprint density at radius 3 is 2.45 bits per heavy atom. The third-order valence-electron chi connectivity index (χ3n) is 5.67. The summed E-state index contributed by atoms with van der Waals surface area (Å²) in [5.41, 5.74) is 7.25. The quantitative estimate of drug-likeness (QED) is 0.442. The highest BCUT2D eigenvalue weighted by Gasteiger charge is 2.25. The van der Waals surface area contributed by atoms with Crippen LogP contribution in [0.4, 0.5) is 11.8 Å². The van der Waals surface area contributed by atoms with E-state index in [0.29, 0.717) is 66.3 Å². The zero-order valence-corrected chi connectivity index (χ0v) is 20.7. The number of hydrogen-bond donors (Lipinski definition) is 1. The molecule has 1 saturated heterocycles. The predicted molar refractivity (Wildman–Crippen MR) is 131 cm³/mol. The maximum atomic E-state index is 6.30. The lowest BCUT2D eigenvalue weighted by Gasteiger charge is -2.36. The molecule has 0 atom stereocenters. The molecule has 2 N–H and O–H groups in total. The minimum atomic E-state index is 0.284. The lowest BCUT2D eigenvalue weighted by Crippen LogP contribution is -2.45. The van der Waals surface area contributed by atoms with Crippen LogP contribution in [-0.4, -0.2) is 92.9 Å². The van der Waals surface area contributed by atoms with Gasteiger partial charge in [-0.1, -0.05) is 35.3 Å². The minimum absolute atomic E-state index is 0.284. The molecule has 1 aliphatic rings. The van der Waals surface area contributed by atoms with Crippen molar-refractivity contribution in [3.63, 3.8) is 0 Å². The highest BCUT2D eigenvalue weighted by molar-refractivity contribution is 6.43. The summed E-state index contributed by atoms with van der Waals surface area (Å²) in [4.78, 5) is 8.95. The van der Waals surface area contributed by atoms with Crippen molar-refractivity contribution in [2.45, 2.75) is 18.9 Å². The molecule has 0 spiro atoms. The molecule has 2 heterocycles. The molecule has 0 radical (unpaired) electrons. The number of benzene rings is 1. The van der Waals surface area contributed by atoms with Gasteiger partial charge in [0.05, 0.1) is 43.1 Å². The summed E-state index contributed by atoms with van der Waals surface area (Å²) in [7, 11) is 3.80. The molecule has 182 valence electrons. The highest BCUT2D eigenvalue weighted by Crippen LogP contribution is 2.34. The van der Waals surface area contributed by atoms with Crippen LogP contribution in [0.1, 0.15) is 12.8 Å². The number of anilines is 2. The van der Waals surface area contributed by atoms with Crippen LogP contribution in [0.25, 0.3) is 11.3 Å². The number of methoxy groups -OCH3 is 1. The van der Waals surface area contributed by atoms with Crippen molar-refractivity contribution in [1.82, 2.24) is 20.1 Å². The summed E-state index contributed by atoms with van der Waals surface area (Å²) in [6.07, 6.45) is 2.00. The van der Waals surface area contributed by atoms with Crippen LogP contribution in [0.15, 0.2) is 18.2 Å². The monoisotopic (exact) mass is 498 g/mol. The first-order valence-electron chi connectivity index (χ1n) is 11.1. The van der Waals surface area contributed by atoms with Gasteiger partial charge in [-0.2, -0.15) is 4.98 Å². The van der Waals surface area contributed by atoms with Gasteiger partial charge in [-0.15, -0.1) is 10.2 Å². The van der Waals surface area contributed by atoms with Gasteiger partial charge in [-0.3, -0.25) is 0 Å². The van der Waals surface area contributed by atoms with Gasteiger partial charge >= 0.3 is 0 Å². The first-order valence-corrected chi connectivity index (χ1v) is 11.8. The van der Waals surface area contributed by atoms with Crippen molar-refractivity contribution in [3.8, 4) is 11.3 Å². The minimum Gasteiger partial charge on any atom is -0.382 e. The van der Waals surface area contributed by atoms with E-state index in [1.807, 2.05) is 0 Å². The molecule has 3 rings (SSSR count). The van der Waals surface area contributed by atoms with E-state index in [-0.39, 0.29) is 5.82 Å². The van der Waals surface area contributed by atoms with Gasteiger partial charge < -0.3 is 29.7 Å². The van der Waals surface area contributed by atoms with E-state index in [4.69, 9.17) is 43.1 Å². The number of aromatic nitrogens is 3. The van der Waals surface area contributed by atoms with E-state index in [0.717, 1.165) is 32.5 Å². The SMILES string of the molecule is COCCOCCOCCN(C)C1CCN(c2nnc(-c3cccc(Cl)c3Cl)c(N)n2)CC1. The molecule has 0 amide bonds. The first kappa shape index (κ1) is 25.9. The number of hydrogen-bond acceptors (Lipinski definition) is 9. The predicted octanol–water partition coefficient (Wildman–Crippen LogP) is 3.01. The number of likely N-dealkylation sites (N-methyl/N-ethyl adjacent to an activating group) is 1. The van der Waals surface area contributed by atoms with Gasteiger partial charge in [-0.05, 0) is 26.0 Å². The van der Waals surface area contributed by atoms with E-state index in [1.54, 1.807) is 25.3 Å². The number of nitrogens with zero attached hydrogens (tertiary/aromatic N) is 5. The fourth-order valence-electron chi connectivity index (χ4n) is 3.70. The molecule has 0 bridgehead atoms. The molecular weight excluding hydrogens is 467 g/mol.